The third kappa shape index (κ3) is 9.19. The van der Waals surface area contributed by atoms with Crippen molar-refractivity contribution in [2.45, 2.75) is 39.0 Å². The Bertz CT molecular complexity index is 361. The summed E-state index contributed by atoms with van der Waals surface area (Å²) >= 11 is 0. The van der Waals surface area contributed by atoms with Crippen LogP contribution in [-0.2, 0) is 9.53 Å². The first kappa shape index (κ1) is 19.6. The first-order valence-electron chi connectivity index (χ1n) is 7.42. The van der Waals surface area contributed by atoms with Crippen LogP contribution in [0.5, 0.6) is 0 Å². The summed E-state index contributed by atoms with van der Waals surface area (Å²) in [5.74, 6) is -0.649. The van der Waals surface area contributed by atoms with Gasteiger partial charge in [-0.3, -0.25) is 0 Å². The second-order valence-corrected chi connectivity index (χ2v) is 4.59. The van der Waals surface area contributed by atoms with Crippen molar-refractivity contribution in [1.29, 1.82) is 5.26 Å². The van der Waals surface area contributed by atoms with E-state index in [1.807, 2.05) is 13.0 Å². The van der Waals surface area contributed by atoms with Crippen molar-refractivity contribution >= 4 is 5.97 Å². The highest BCUT2D eigenvalue weighted by Crippen LogP contribution is 2.17. The van der Waals surface area contributed by atoms with E-state index in [1.54, 1.807) is 0 Å². The number of hydrogen-bond donors (Lipinski definition) is 3. The van der Waals surface area contributed by atoms with Crippen LogP contribution in [0.1, 0.15) is 39.0 Å². The molecular formula is C15H26N2O4. The summed E-state index contributed by atoms with van der Waals surface area (Å²) in [7, 11) is 0. The number of esters is 1. The lowest BCUT2D eigenvalue weighted by Crippen LogP contribution is -2.17. The average Bonchev–Trinajstić information content (AvgIpc) is 2.50. The van der Waals surface area contributed by atoms with Crippen LogP contribution in [0.25, 0.3) is 0 Å². The Kier molecular flexibility index (Phi) is 12.6. The van der Waals surface area contributed by atoms with Gasteiger partial charge in [-0.1, -0.05) is 6.92 Å². The number of hydrogen-bond acceptors (Lipinski definition) is 6. The zero-order chi connectivity index (χ0) is 15.9. The molecule has 0 aromatic heterocycles. The third-order valence-electron chi connectivity index (χ3n) is 3.01. The number of rotatable bonds is 12. The molecule has 0 radical (unpaired) electrons. The lowest BCUT2D eigenvalue weighted by atomic mass is 10.0. The summed E-state index contributed by atoms with van der Waals surface area (Å²) in [5, 5.41) is 29.6. The Morgan fingerprint density at radius 1 is 1.19 bits per heavy atom. The van der Waals surface area contributed by atoms with Gasteiger partial charge in [0.2, 0.25) is 0 Å². The topological polar surface area (TPSA) is 103 Å². The van der Waals surface area contributed by atoms with Gasteiger partial charge in [-0.05, 0) is 50.8 Å². The zero-order valence-electron chi connectivity index (χ0n) is 12.7. The van der Waals surface area contributed by atoms with E-state index in [1.165, 1.54) is 0 Å². The minimum atomic E-state index is -0.649. The van der Waals surface area contributed by atoms with Crippen LogP contribution in [0, 0.1) is 11.3 Å². The van der Waals surface area contributed by atoms with Crippen LogP contribution in [0.2, 0.25) is 0 Å². The van der Waals surface area contributed by atoms with Gasteiger partial charge in [0, 0.05) is 6.61 Å². The monoisotopic (exact) mass is 298 g/mol. The fourth-order valence-corrected chi connectivity index (χ4v) is 1.88. The van der Waals surface area contributed by atoms with Crippen LogP contribution in [-0.4, -0.2) is 49.1 Å². The largest absolute Gasteiger partial charge is 0.459 e. The molecule has 0 fully saturated rings. The molecule has 0 aliphatic carbocycles. The number of aliphatic hydroxyl groups is 2. The Morgan fingerprint density at radius 3 is 2.48 bits per heavy atom. The molecule has 120 valence electrons. The average molecular weight is 298 g/mol. The Hall–Kier alpha value is -1.42. The lowest BCUT2D eigenvalue weighted by Gasteiger charge is -2.09. The van der Waals surface area contributed by atoms with Crippen molar-refractivity contribution in [3.8, 4) is 6.07 Å². The summed E-state index contributed by atoms with van der Waals surface area (Å²) in [5.41, 5.74) is 0.870. The molecule has 0 aromatic rings. The van der Waals surface area contributed by atoms with Gasteiger partial charge in [-0.15, -0.1) is 0 Å². The molecule has 0 aliphatic rings. The number of unbranched alkanes of at least 4 members (excludes halogenated alkanes) is 1. The van der Waals surface area contributed by atoms with E-state index in [4.69, 9.17) is 20.2 Å². The molecule has 0 aromatic carbocycles. The molecule has 0 saturated heterocycles. The molecule has 0 bridgehead atoms. The normalized spacial score (nSPS) is 11.7. The van der Waals surface area contributed by atoms with E-state index in [0.717, 1.165) is 37.9 Å². The van der Waals surface area contributed by atoms with Gasteiger partial charge in [0.15, 0.2) is 0 Å². The van der Waals surface area contributed by atoms with Gasteiger partial charge in [0.25, 0.3) is 0 Å². The van der Waals surface area contributed by atoms with Crippen LogP contribution in [0.15, 0.2) is 11.1 Å². The van der Waals surface area contributed by atoms with Gasteiger partial charge in [-0.25, -0.2) is 4.79 Å². The molecule has 0 aliphatic heterocycles. The molecule has 6 nitrogen and oxygen atoms in total. The number of nitrogens with one attached hydrogen (secondary N) is 1. The van der Waals surface area contributed by atoms with E-state index < -0.39 is 5.97 Å². The smallest absolute Gasteiger partial charge is 0.348 e. The predicted octanol–water partition coefficient (Wildman–Crippen LogP) is 0.894. The first-order chi connectivity index (χ1) is 10.2. The van der Waals surface area contributed by atoms with Crippen molar-refractivity contribution in [3.05, 3.63) is 11.1 Å². The minimum absolute atomic E-state index is 0.0687. The molecule has 0 rings (SSSR count). The van der Waals surface area contributed by atoms with E-state index >= 15 is 0 Å². The summed E-state index contributed by atoms with van der Waals surface area (Å²) in [6.45, 7) is 3.42. The maximum atomic E-state index is 11.7. The van der Waals surface area contributed by atoms with Crippen molar-refractivity contribution in [2.75, 3.05) is 32.9 Å². The van der Waals surface area contributed by atoms with Gasteiger partial charge in [0.05, 0.1) is 6.61 Å². The lowest BCUT2D eigenvalue weighted by molar-refractivity contribution is -0.139. The number of carbonyl (C=O) groups excluding carboxylic acids is 1. The van der Waals surface area contributed by atoms with Crippen LogP contribution < -0.4 is 5.32 Å². The number of nitrogens with zero attached hydrogens (tertiary/aromatic N) is 1. The molecule has 0 amide bonds. The molecule has 0 atom stereocenters. The molecule has 0 saturated carbocycles. The van der Waals surface area contributed by atoms with E-state index in [2.05, 4.69) is 5.32 Å². The van der Waals surface area contributed by atoms with Crippen molar-refractivity contribution in [1.82, 2.24) is 5.32 Å². The van der Waals surface area contributed by atoms with Crippen LogP contribution in [0.3, 0.4) is 0 Å². The highest BCUT2D eigenvalue weighted by atomic mass is 16.5. The Balaban J connectivity index is 4.22. The second kappa shape index (κ2) is 13.6. The van der Waals surface area contributed by atoms with Gasteiger partial charge in [0.1, 0.15) is 18.2 Å². The summed E-state index contributed by atoms with van der Waals surface area (Å²) in [6.07, 6.45) is 3.90. The molecule has 6 heteroatoms. The minimum Gasteiger partial charge on any atom is -0.459 e. The number of ether oxygens (including phenoxy) is 1. The Morgan fingerprint density at radius 2 is 1.90 bits per heavy atom. The maximum Gasteiger partial charge on any atom is 0.348 e. The molecular weight excluding hydrogens is 272 g/mol. The zero-order valence-corrected chi connectivity index (χ0v) is 12.7. The van der Waals surface area contributed by atoms with Crippen LogP contribution in [0.4, 0.5) is 0 Å². The van der Waals surface area contributed by atoms with Gasteiger partial charge in [-0.2, -0.15) is 5.26 Å². The van der Waals surface area contributed by atoms with Crippen molar-refractivity contribution in [2.24, 2.45) is 0 Å². The highest BCUT2D eigenvalue weighted by Gasteiger charge is 2.15. The van der Waals surface area contributed by atoms with Crippen molar-refractivity contribution < 1.29 is 19.7 Å². The van der Waals surface area contributed by atoms with Crippen molar-refractivity contribution in [3.63, 3.8) is 0 Å². The fourth-order valence-electron chi connectivity index (χ4n) is 1.88. The molecule has 0 spiro atoms. The quantitative estimate of drug-likeness (QED) is 0.214. The third-order valence-corrected chi connectivity index (χ3v) is 3.01. The van der Waals surface area contributed by atoms with E-state index in [-0.39, 0.29) is 25.4 Å². The molecule has 0 heterocycles. The maximum absolute atomic E-state index is 11.7. The summed E-state index contributed by atoms with van der Waals surface area (Å²) in [4.78, 5) is 11.7. The molecule has 3 N–H and O–H groups in total. The fraction of sp³-hybridized carbons (Fsp3) is 0.733. The predicted molar refractivity (Wildman–Crippen MR) is 79.4 cm³/mol. The highest BCUT2D eigenvalue weighted by molar-refractivity contribution is 5.93. The van der Waals surface area contributed by atoms with E-state index in [9.17, 15) is 4.79 Å². The number of aliphatic hydroxyl groups excluding tert-OH is 2. The summed E-state index contributed by atoms with van der Waals surface area (Å²) < 4.78 is 4.79. The second-order valence-electron chi connectivity index (χ2n) is 4.59. The number of nitriles is 1. The SMILES string of the molecule is CC/C(CCCCNCCCO)=C(/C#N)C(=O)OCCO. The summed E-state index contributed by atoms with van der Waals surface area (Å²) in [6, 6.07) is 1.91. The Labute approximate surface area is 126 Å². The van der Waals surface area contributed by atoms with Gasteiger partial charge < -0.3 is 20.3 Å². The van der Waals surface area contributed by atoms with E-state index in [0.29, 0.717) is 12.8 Å². The standard InChI is InChI=1S/C15H26N2O4/c1-2-13(6-3-4-7-17-8-5-9-18)14(12-16)15(20)21-11-10-19/h17-19H,2-11H2,1H3/b14-13+. The number of allylic oxidation sites excluding steroid dienone is 1. The van der Waals surface area contributed by atoms with Crippen LogP contribution >= 0.6 is 0 Å². The van der Waals surface area contributed by atoms with Gasteiger partial charge >= 0.3 is 5.97 Å². The number of carbonyl (C=O) groups is 1. The molecule has 21 heavy (non-hydrogen) atoms. The first-order valence-corrected chi connectivity index (χ1v) is 7.42. The molecule has 0 unspecified atom stereocenters.